The Hall–Kier alpha value is -3.50. The molecule has 0 aliphatic heterocycles. The second kappa shape index (κ2) is 9.27. The number of aliphatic imine (C=N–C) groups is 1. The van der Waals surface area contributed by atoms with E-state index in [9.17, 15) is 31.1 Å². The van der Waals surface area contributed by atoms with E-state index in [2.05, 4.69) is 22.4 Å². The van der Waals surface area contributed by atoms with E-state index >= 15 is 0 Å². The average Bonchev–Trinajstić information content (AvgIpc) is 2.79. The minimum absolute atomic E-state index is 0.0769. The smallest absolute Gasteiger partial charge is 0.381 e. The lowest BCUT2D eigenvalue weighted by atomic mass is 9.89. The van der Waals surface area contributed by atoms with E-state index in [0.717, 1.165) is 49.0 Å². The van der Waals surface area contributed by atoms with Crippen LogP contribution in [-0.2, 0) is 12.4 Å². The molecule has 0 spiro atoms. The first-order valence-corrected chi connectivity index (χ1v) is 10.9. The molecule has 1 aliphatic carbocycles. The third-order valence-corrected chi connectivity index (χ3v) is 5.89. The molecule has 4 rings (SSSR count). The Morgan fingerprint density at radius 3 is 2.34 bits per heavy atom. The van der Waals surface area contributed by atoms with E-state index in [-0.39, 0.29) is 11.2 Å². The van der Waals surface area contributed by atoms with Gasteiger partial charge in [0.05, 0.1) is 22.2 Å². The molecule has 1 fully saturated rings. The summed E-state index contributed by atoms with van der Waals surface area (Å²) in [7, 11) is 0. The number of hydrogen-bond acceptors (Lipinski definition) is 4. The third kappa shape index (κ3) is 5.44. The second-order valence-electron chi connectivity index (χ2n) is 8.50. The molecule has 0 bridgehead atoms. The maximum Gasteiger partial charge on any atom is 0.420 e. The standard InChI is InChI=1S/C24H21F6N3O2/c1-13-5-7-14(8-6-13)32-15-9-10-20(17(11-15)24(28,29)30)35-33-19-12-31-18-4-2-3-16(23(25,26)27)21(18)22(19)34/h2-4,9-13,33H,5-8H2,1H3,(H,31,34). The SMILES string of the molecule is CC1CCC(=Nc2ccc(ONc3c[nH]c4cccc(C(F)(F)F)c4c3=O)c(C(F)(F)F)c2)CC1. The summed E-state index contributed by atoms with van der Waals surface area (Å²) in [5.74, 6) is -0.102. The van der Waals surface area contributed by atoms with E-state index in [1.807, 2.05) is 0 Å². The van der Waals surface area contributed by atoms with Gasteiger partial charge >= 0.3 is 12.4 Å². The number of nitrogens with one attached hydrogen (secondary N) is 2. The lowest BCUT2D eigenvalue weighted by Gasteiger charge is -2.19. The normalized spacial score (nSPS) is 16.9. The topological polar surface area (TPSA) is 66.5 Å². The highest BCUT2D eigenvalue weighted by atomic mass is 19.4. The van der Waals surface area contributed by atoms with Crippen LogP contribution in [0, 0.1) is 5.92 Å². The summed E-state index contributed by atoms with van der Waals surface area (Å²) < 4.78 is 81.2. The molecule has 1 saturated carbocycles. The van der Waals surface area contributed by atoms with Crippen LogP contribution < -0.4 is 15.7 Å². The maximum atomic E-state index is 13.7. The van der Waals surface area contributed by atoms with Crippen molar-refractivity contribution in [2.24, 2.45) is 10.9 Å². The Balaban J connectivity index is 1.64. The summed E-state index contributed by atoms with van der Waals surface area (Å²) in [6.07, 6.45) is -5.29. The molecule has 35 heavy (non-hydrogen) atoms. The zero-order valence-electron chi connectivity index (χ0n) is 18.5. The van der Waals surface area contributed by atoms with Crippen molar-refractivity contribution in [1.29, 1.82) is 0 Å². The Labute approximate surface area is 195 Å². The van der Waals surface area contributed by atoms with Crippen LogP contribution in [0.5, 0.6) is 5.75 Å². The van der Waals surface area contributed by atoms with Crippen LogP contribution in [0.15, 0.2) is 52.4 Å². The number of anilines is 1. The lowest BCUT2D eigenvalue weighted by molar-refractivity contribution is -0.139. The van der Waals surface area contributed by atoms with Gasteiger partial charge in [-0.1, -0.05) is 13.0 Å². The molecule has 1 aromatic heterocycles. The van der Waals surface area contributed by atoms with Gasteiger partial charge in [-0.25, -0.2) is 5.48 Å². The van der Waals surface area contributed by atoms with E-state index in [1.165, 1.54) is 12.1 Å². The van der Waals surface area contributed by atoms with Crippen molar-refractivity contribution in [2.45, 2.75) is 45.0 Å². The van der Waals surface area contributed by atoms with Gasteiger partial charge in [-0.2, -0.15) is 26.3 Å². The summed E-state index contributed by atoms with van der Waals surface area (Å²) >= 11 is 0. The largest absolute Gasteiger partial charge is 0.420 e. The highest BCUT2D eigenvalue weighted by Gasteiger charge is 2.36. The van der Waals surface area contributed by atoms with Gasteiger partial charge in [0.1, 0.15) is 11.3 Å². The molecule has 186 valence electrons. The highest BCUT2D eigenvalue weighted by Crippen LogP contribution is 2.39. The molecule has 0 unspecified atom stereocenters. The Morgan fingerprint density at radius 1 is 1.00 bits per heavy atom. The van der Waals surface area contributed by atoms with Crippen LogP contribution in [-0.4, -0.2) is 10.7 Å². The van der Waals surface area contributed by atoms with E-state index < -0.39 is 45.7 Å². The van der Waals surface area contributed by atoms with Crippen LogP contribution in [0.1, 0.15) is 43.7 Å². The van der Waals surface area contributed by atoms with Crippen molar-refractivity contribution >= 4 is 28.0 Å². The van der Waals surface area contributed by atoms with Crippen molar-refractivity contribution in [3.05, 3.63) is 63.9 Å². The van der Waals surface area contributed by atoms with Gasteiger partial charge in [-0.05, 0) is 61.9 Å². The number of nitrogens with zero attached hydrogens (tertiary/aromatic N) is 1. The van der Waals surface area contributed by atoms with Crippen molar-refractivity contribution in [3.8, 4) is 5.75 Å². The summed E-state index contributed by atoms with van der Waals surface area (Å²) in [5.41, 5.74) is -0.925. The number of aromatic amines is 1. The highest BCUT2D eigenvalue weighted by molar-refractivity contribution is 5.87. The lowest BCUT2D eigenvalue weighted by Crippen LogP contribution is -2.19. The molecule has 0 atom stereocenters. The molecular weight excluding hydrogens is 476 g/mol. The number of rotatable bonds is 4. The number of fused-ring (bicyclic) bond motifs is 1. The molecule has 1 aliphatic rings. The molecule has 11 heteroatoms. The van der Waals surface area contributed by atoms with E-state index in [0.29, 0.717) is 18.8 Å². The number of hydrogen-bond donors (Lipinski definition) is 2. The van der Waals surface area contributed by atoms with Crippen molar-refractivity contribution in [2.75, 3.05) is 5.48 Å². The van der Waals surface area contributed by atoms with E-state index in [1.54, 1.807) is 0 Å². The van der Waals surface area contributed by atoms with Gasteiger partial charge in [0.25, 0.3) is 0 Å². The van der Waals surface area contributed by atoms with Crippen molar-refractivity contribution in [1.82, 2.24) is 4.98 Å². The predicted octanol–water partition coefficient (Wildman–Crippen LogP) is 7.25. The first-order chi connectivity index (χ1) is 16.4. The molecule has 3 aromatic rings. The molecule has 2 N–H and O–H groups in total. The fourth-order valence-corrected chi connectivity index (χ4v) is 3.98. The molecular formula is C24H21F6N3O2. The molecule has 0 amide bonds. The number of benzene rings is 2. The summed E-state index contributed by atoms with van der Waals surface area (Å²) in [5, 5.41) is -0.655. The van der Waals surface area contributed by atoms with Crippen molar-refractivity contribution < 1.29 is 31.2 Å². The summed E-state index contributed by atoms with van der Waals surface area (Å²) in [6, 6.07) is 6.41. The molecule has 0 radical (unpaired) electrons. The second-order valence-corrected chi connectivity index (χ2v) is 8.50. The third-order valence-electron chi connectivity index (χ3n) is 5.89. The molecule has 2 aromatic carbocycles. The van der Waals surface area contributed by atoms with Gasteiger partial charge in [0.15, 0.2) is 5.75 Å². The molecule has 5 nitrogen and oxygen atoms in total. The minimum Gasteiger partial charge on any atom is -0.381 e. The Kier molecular flexibility index (Phi) is 6.52. The predicted molar refractivity (Wildman–Crippen MR) is 120 cm³/mol. The summed E-state index contributed by atoms with van der Waals surface area (Å²) in [6.45, 7) is 2.11. The van der Waals surface area contributed by atoms with Crippen LogP contribution in [0.2, 0.25) is 0 Å². The monoisotopic (exact) mass is 497 g/mol. The zero-order chi connectivity index (χ0) is 25.4. The van der Waals surface area contributed by atoms with Crippen LogP contribution in [0.4, 0.5) is 37.7 Å². The van der Waals surface area contributed by atoms with Crippen molar-refractivity contribution in [3.63, 3.8) is 0 Å². The van der Waals surface area contributed by atoms with Crippen LogP contribution >= 0.6 is 0 Å². The van der Waals surface area contributed by atoms with E-state index in [4.69, 9.17) is 4.84 Å². The fourth-order valence-electron chi connectivity index (χ4n) is 3.98. The first kappa shape index (κ1) is 24.6. The minimum atomic E-state index is -4.80. The first-order valence-electron chi connectivity index (χ1n) is 10.9. The number of aromatic nitrogens is 1. The van der Waals surface area contributed by atoms with Crippen LogP contribution in [0.25, 0.3) is 10.9 Å². The van der Waals surface area contributed by atoms with Gasteiger partial charge in [-0.15, -0.1) is 0 Å². The Bertz CT molecular complexity index is 1320. The number of halogens is 6. The van der Waals surface area contributed by atoms with Gasteiger partial charge < -0.3 is 9.82 Å². The average molecular weight is 497 g/mol. The number of alkyl halides is 6. The van der Waals surface area contributed by atoms with Gasteiger partial charge in [-0.3, -0.25) is 9.79 Å². The summed E-state index contributed by atoms with van der Waals surface area (Å²) in [4.78, 5) is 24.6. The van der Waals surface area contributed by atoms with Gasteiger partial charge in [0.2, 0.25) is 5.43 Å². The zero-order valence-corrected chi connectivity index (χ0v) is 18.5. The number of pyridine rings is 1. The molecule has 1 heterocycles. The molecule has 0 saturated heterocycles. The quantitative estimate of drug-likeness (QED) is 0.295. The van der Waals surface area contributed by atoms with Crippen LogP contribution in [0.3, 0.4) is 0 Å². The maximum absolute atomic E-state index is 13.7. The van der Waals surface area contributed by atoms with Gasteiger partial charge in [0, 0.05) is 11.9 Å². The fraction of sp³-hybridized carbons (Fsp3) is 0.333. The Morgan fingerprint density at radius 2 is 1.69 bits per heavy atom. The number of H-pyrrole nitrogens is 1.